The van der Waals surface area contributed by atoms with E-state index < -0.39 is 16.1 Å². The van der Waals surface area contributed by atoms with Gasteiger partial charge < -0.3 is 14.2 Å². The zero-order valence-corrected chi connectivity index (χ0v) is 21.9. The van der Waals surface area contributed by atoms with Crippen LogP contribution in [0.2, 0.25) is 0 Å². The van der Waals surface area contributed by atoms with Crippen molar-refractivity contribution in [1.29, 1.82) is 0 Å². The Morgan fingerprint density at radius 1 is 1.11 bits per heavy atom. The summed E-state index contributed by atoms with van der Waals surface area (Å²) in [7, 11) is -0.736. The molecule has 0 saturated carbocycles. The van der Waals surface area contributed by atoms with Crippen LogP contribution in [-0.4, -0.2) is 69.7 Å². The molecule has 3 heterocycles. The normalized spacial score (nSPS) is 20.6. The number of aromatic nitrogens is 1. The maximum absolute atomic E-state index is 14.0. The van der Waals surface area contributed by atoms with Crippen LogP contribution >= 0.6 is 11.3 Å². The smallest absolute Gasteiger partial charge is 0.247 e. The van der Waals surface area contributed by atoms with Crippen molar-refractivity contribution in [3.63, 3.8) is 0 Å². The summed E-state index contributed by atoms with van der Waals surface area (Å²) in [5, 5.41) is 0.535. The summed E-state index contributed by atoms with van der Waals surface area (Å²) in [4.78, 5) is 20.5. The predicted molar refractivity (Wildman–Crippen MR) is 137 cm³/mol. The second kappa shape index (κ2) is 10.3. The van der Waals surface area contributed by atoms with Gasteiger partial charge in [0.05, 0.1) is 42.0 Å². The molecule has 0 radical (unpaired) electrons. The van der Waals surface area contributed by atoms with Gasteiger partial charge in [-0.3, -0.25) is 9.69 Å². The van der Waals surface area contributed by atoms with Crippen LogP contribution in [0, 0.1) is 0 Å². The van der Waals surface area contributed by atoms with E-state index in [1.54, 1.807) is 24.1 Å². The van der Waals surface area contributed by atoms with Crippen molar-refractivity contribution >= 4 is 42.6 Å². The topological polar surface area (TPSA) is 98.3 Å². The molecule has 2 atom stereocenters. The van der Waals surface area contributed by atoms with Gasteiger partial charge in [0.15, 0.2) is 5.13 Å². The zero-order valence-electron chi connectivity index (χ0n) is 20.3. The lowest BCUT2D eigenvalue weighted by molar-refractivity contribution is -0.122. The van der Waals surface area contributed by atoms with Gasteiger partial charge >= 0.3 is 0 Å². The molecule has 5 rings (SSSR count). The third-order valence-corrected chi connectivity index (χ3v) is 9.61. The monoisotopic (exact) mass is 531 g/mol. The molecule has 2 aliphatic rings. The first kappa shape index (κ1) is 24.9. The third-order valence-electron chi connectivity index (χ3n) is 6.65. The van der Waals surface area contributed by atoms with Gasteiger partial charge in [-0.15, -0.1) is 0 Å². The summed E-state index contributed by atoms with van der Waals surface area (Å²) < 4.78 is 45.6. The Morgan fingerprint density at radius 3 is 2.56 bits per heavy atom. The van der Waals surface area contributed by atoms with Crippen molar-refractivity contribution in [2.45, 2.75) is 42.7 Å². The largest absolute Gasteiger partial charge is 0.497 e. The van der Waals surface area contributed by atoms with Crippen molar-refractivity contribution in [1.82, 2.24) is 9.29 Å². The van der Waals surface area contributed by atoms with E-state index in [2.05, 4.69) is 0 Å². The van der Waals surface area contributed by atoms with E-state index in [1.165, 1.54) is 34.9 Å². The molecule has 0 N–H and O–H groups in total. The number of sulfonamides is 1. The molecule has 0 bridgehead atoms. The van der Waals surface area contributed by atoms with Crippen LogP contribution in [-0.2, 0) is 19.6 Å². The molecule has 2 saturated heterocycles. The number of amides is 1. The molecular formula is C25H29N3O6S2. The van der Waals surface area contributed by atoms with Crippen LogP contribution < -0.4 is 14.4 Å². The lowest BCUT2D eigenvalue weighted by Crippen LogP contribution is -2.49. The second-order valence-electron chi connectivity index (χ2n) is 8.86. The highest BCUT2D eigenvalue weighted by Gasteiger charge is 2.42. The third kappa shape index (κ3) is 4.80. The molecule has 2 aliphatic heterocycles. The number of benzene rings is 2. The molecule has 36 heavy (non-hydrogen) atoms. The van der Waals surface area contributed by atoms with Gasteiger partial charge in [-0.2, -0.15) is 4.31 Å². The first-order valence-corrected chi connectivity index (χ1v) is 14.2. The Balaban J connectivity index is 1.47. The number of fused-ring (bicyclic) bond motifs is 1. The molecule has 192 valence electrons. The number of ether oxygens (including phenoxy) is 3. The summed E-state index contributed by atoms with van der Waals surface area (Å²) in [5.74, 6) is 1.01. The number of hydrogen-bond donors (Lipinski definition) is 0. The molecular weight excluding hydrogens is 502 g/mol. The zero-order chi connectivity index (χ0) is 25.3. The van der Waals surface area contributed by atoms with E-state index in [-0.39, 0.29) is 23.5 Å². The van der Waals surface area contributed by atoms with Crippen molar-refractivity contribution in [2.24, 2.45) is 0 Å². The SMILES string of the molecule is COc1ccc(S(=O)(=O)N2CCCC2C(=O)N(CC2CCCO2)c2nc3ccc(OC)cc3s2)cc1. The van der Waals surface area contributed by atoms with Gasteiger partial charge in [0.1, 0.15) is 17.5 Å². The van der Waals surface area contributed by atoms with Crippen LogP contribution in [0.4, 0.5) is 5.13 Å². The van der Waals surface area contributed by atoms with Crippen LogP contribution in [0.15, 0.2) is 47.4 Å². The Hall–Kier alpha value is -2.73. The lowest BCUT2D eigenvalue weighted by atomic mass is 10.2. The average molecular weight is 532 g/mol. The number of carbonyl (C=O) groups excluding carboxylic acids is 1. The van der Waals surface area contributed by atoms with Crippen molar-refractivity contribution in [2.75, 3.05) is 38.8 Å². The number of nitrogens with zero attached hydrogens (tertiary/aromatic N) is 3. The average Bonchev–Trinajstić information content (AvgIpc) is 3.67. The molecule has 2 aromatic carbocycles. The molecule has 1 aromatic heterocycles. The minimum atomic E-state index is -3.87. The summed E-state index contributed by atoms with van der Waals surface area (Å²) in [6, 6.07) is 11.0. The van der Waals surface area contributed by atoms with Gasteiger partial charge in [0.2, 0.25) is 15.9 Å². The van der Waals surface area contributed by atoms with Crippen LogP contribution in [0.3, 0.4) is 0 Å². The molecule has 1 amide bonds. The Bertz CT molecular complexity index is 1340. The highest BCUT2D eigenvalue weighted by Crippen LogP contribution is 2.35. The Morgan fingerprint density at radius 2 is 1.86 bits per heavy atom. The van der Waals surface area contributed by atoms with Crippen molar-refractivity contribution in [3.05, 3.63) is 42.5 Å². The molecule has 9 nitrogen and oxygen atoms in total. The van der Waals surface area contributed by atoms with Gasteiger partial charge in [0, 0.05) is 13.2 Å². The van der Waals surface area contributed by atoms with Crippen molar-refractivity contribution < 1.29 is 27.4 Å². The quantitative estimate of drug-likeness (QED) is 0.437. The second-order valence-corrected chi connectivity index (χ2v) is 11.8. The van der Waals surface area contributed by atoms with E-state index in [9.17, 15) is 13.2 Å². The highest BCUT2D eigenvalue weighted by molar-refractivity contribution is 7.89. The fourth-order valence-corrected chi connectivity index (χ4v) is 7.39. The van der Waals surface area contributed by atoms with Crippen molar-refractivity contribution in [3.8, 4) is 11.5 Å². The number of methoxy groups -OCH3 is 2. The van der Waals surface area contributed by atoms with Gasteiger partial charge in [-0.05, 0) is 68.1 Å². The highest BCUT2D eigenvalue weighted by atomic mass is 32.2. The Labute approximate surface area is 214 Å². The minimum Gasteiger partial charge on any atom is -0.497 e. The van der Waals surface area contributed by atoms with Crippen LogP contribution in [0.25, 0.3) is 10.2 Å². The molecule has 2 fully saturated rings. The molecule has 11 heteroatoms. The summed E-state index contributed by atoms with van der Waals surface area (Å²) in [6.07, 6.45) is 2.74. The number of thiazole rings is 1. The maximum Gasteiger partial charge on any atom is 0.247 e. The number of hydrogen-bond acceptors (Lipinski definition) is 8. The lowest BCUT2D eigenvalue weighted by Gasteiger charge is -2.29. The van der Waals surface area contributed by atoms with Crippen LogP contribution in [0.5, 0.6) is 11.5 Å². The molecule has 0 aliphatic carbocycles. The van der Waals surface area contributed by atoms with E-state index in [1.807, 2.05) is 18.2 Å². The Kier molecular flexibility index (Phi) is 7.16. The molecule has 0 spiro atoms. The van der Waals surface area contributed by atoms with Gasteiger partial charge in [-0.25, -0.2) is 13.4 Å². The van der Waals surface area contributed by atoms with Gasteiger partial charge in [-0.1, -0.05) is 11.3 Å². The summed E-state index contributed by atoms with van der Waals surface area (Å²) in [5.41, 5.74) is 0.759. The maximum atomic E-state index is 14.0. The minimum absolute atomic E-state index is 0.108. The van der Waals surface area contributed by atoms with Crippen LogP contribution in [0.1, 0.15) is 25.7 Å². The fourth-order valence-electron chi connectivity index (χ4n) is 4.73. The standard InChI is InChI=1S/C25H29N3O6S2/c1-32-17-7-10-20(11-8-17)36(30,31)28-13-3-6-22(28)24(29)27(16-19-5-4-14-34-19)25-26-21-12-9-18(33-2)15-23(21)35-25/h7-12,15,19,22H,3-6,13-14,16H2,1-2H3. The van der Waals surface area contributed by atoms with E-state index in [0.717, 1.165) is 23.1 Å². The van der Waals surface area contributed by atoms with Gasteiger partial charge in [0.25, 0.3) is 0 Å². The molecule has 2 unspecified atom stereocenters. The molecule has 3 aromatic rings. The predicted octanol–water partition coefficient (Wildman–Crippen LogP) is 3.68. The summed E-state index contributed by atoms with van der Waals surface area (Å²) >= 11 is 1.39. The van der Waals surface area contributed by atoms with E-state index >= 15 is 0 Å². The number of rotatable bonds is 8. The first-order valence-electron chi connectivity index (χ1n) is 11.9. The van der Waals surface area contributed by atoms with E-state index in [0.29, 0.717) is 42.6 Å². The fraction of sp³-hybridized carbons (Fsp3) is 0.440. The van der Waals surface area contributed by atoms with E-state index in [4.69, 9.17) is 19.2 Å². The number of carbonyl (C=O) groups is 1. The number of anilines is 1. The summed E-state index contributed by atoms with van der Waals surface area (Å²) in [6.45, 7) is 1.28. The first-order chi connectivity index (χ1) is 17.4.